The summed E-state index contributed by atoms with van der Waals surface area (Å²) in [7, 11) is -4.23. The molecule has 4 atom stereocenters. The van der Waals surface area contributed by atoms with Gasteiger partial charge in [-0.05, 0) is 37.2 Å². The van der Waals surface area contributed by atoms with Crippen molar-refractivity contribution in [1.82, 2.24) is 4.90 Å². The molecular weight excluding hydrogens is 451 g/mol. The van der Waals surface area contributed by atoms with Crippen molar-refractivity contribution in [1.29, 1.82) is 0 Å². The highest BCUT2D eigenvalue weighted by molar-refractivity contribution is 8.05. The summed E-state index contributed by atoms with van der Waals surface area (Å²) in [5, 5.41) is 9.70. The first-order valence-electron chi connectivity index (χ1n) is 11.1. The zero-order chi connectivity index (χ0) is 23.4. The van der Waals surface area contributed by atoms with E-state index in [1.165, 1.54) is 18.2 Å². The van der Waals surface area contributed by atoms with Crippen LogP contribution in [-0.4, -0.2) is 50.0 Å². The number of aliphatic carboxylic acids is 1. The summed E-state index contributed by atoms with van der Waals surface area (Å²) < 4.78 is 14.7. The average molecular weight is 483 g/mol. The van der Waals surface area contributed by atoms with Gasteiger partial charge in [0, 0.05) is 23.1 Å². The van der Waals surface area contributed by atoms with Crippen molar-refractivity contribution in [3.8, 4) is 0 Å². The van der Waals surface area contributed by atoms with Gasteiger partial charge in [-0.1, -0.05) is 62.4 Å². The summed E-state index contributed by atoms with van der Waals surface area (Å²) in [6.07, 6.45) is 5.25. The van der Waals surface area contributed by atoms with Crippen molar-refractivity contribution in [3.05, 3.63) is 40.8 Å². The fraction of sp³-hybridized carbons (Fsp3) is 0.636. The molecule has 2 fully saturated rings. The van der Waals surface area contributed by atoms with Crippen molar-refractivity contribution in [2.45, 2.75) is 62.4 Å². The van der Waals surface area contributed by atoms with E-state index in [9.17, 15) is 29.1 Å². The molecule has 0 bridgehead atoms. The van der Waals surface area contributed by atoms with Gasteiger partial charge < -0.3 is 14.9 Å². The van der Waals surface area contributed by atoms with Crippen LogP contribution in [0, 0.1) is 16.7 Å². The minimum atomic E-state index is -4.23. The Hall–Kier alpha value is -1.70. The molecule has 1 aliphatic heterocycles. The molecule has 0 aromatic heterocycles. The third-order valence-electron chi connectivity index (χ3n) is 6.95. The van der Waals surface area contributed by atoms with Crippen molar-refractivity contribution < 1.29 is 24.2 Å². The number of likely N-dealkylation sites (tertiary alicyclic amines) is 1. The number of rotatable bonds is 9. The van der Waals surface area contributed by atoms with Gasteiger partial charge in [0.05, 0.1) is 0 Å². The van der Waals surface area contributed by atoms with Gasteiger partial charge in [0.2, 0.25) is 13.3 Å². The second kappa shape index (κ2) is 10.5. The summed E-state index contributed by atoms with van der Waals surface area (Å²) in [6, 6.07) is 7.97. The van der Waals surface area contributed by atoms with Crippen LogP contribution in [0.3, 0.4) is 0 Å². The van der Waals surface area contributed by atoms with Crippen LogP contribution in [0.15, 0.2) is 34.9 Å². The molecule has 3 rings (SSSR count). The fourth-order valence-electron chi connectivity index (χ4n) is 5.04. The quantitative estimate of drug-likeness (QED) is 0.301. The second-order valence-electron chi connectivity index (χ2n) is 9.16. The van der Waals surface area contributed by atoms with Gasteiger partial charge in [-0.15, -0.1) is 4.91 Å². The molecule has 3 unspecified atom stereocenters. The summed E-state index contributed by atoms with van der Waals surface area (Å²) >= 11 is 0.465. The van der Waals surface area contributed by atoms with E-state index in [-0.39, 0.29) is 12.3 Å². The van der Waals surface area contributed by atoms with Gasteiger partial charge in [-0.25, -0.2) is 4.79 Å². The Kier molecular flexibility index (Phi) is 8.17. The molecule has 1 amide bonds. The minimum absolute atomic E-state index is 0.0817. The topological polar surface area (TPSA) is 124 Å². The molecule has 10 heteroatoms. The van der Waals surface area contributed by atoms with Crippen LogP contribution in [0.25, 0.3) is 0 Å². The van der Waals surface area contributed by atoms with E-state index < -0.39 is 35.9 Å². The predicted octanol–water partition coefficient (Wildman–Crippen LogP) is 4.51. The Balaban J connectivity index is 1.76. The molecule has 1 heterocycles. The minimum Gasteiger partial charge on any atom is -0.480 e. The molecule has 0 radical (unpaired) electrons. The Labute approximate surface area is 192 Å². The van der Waals surface area contributed by atoms with Crippen LogP contribution in [0.5, 0.6) is 0 Å². The van der Waals surface area contributed by atoms with Crippen molar-refractivity contribution in [2.75, 3.05) is 12.7 Å². The number of carbonyl (C=O) groups is 2. The molecule has 176 valence electrons. The molecule has 8 nitrogen and oxygen atoms in total. The summed E-state index contributed by atoms with van der Waals surface area (Å²) in [5.74, 6) is -1.24. The van der Waals surface area contributed by atoms with Crippen LogP contribution >= 0.6 is 19.3 Å². The largest absolute Gasteiger partial charge is 0.480 e. The fourth-order valence-corrected chi connectivity index (χ4v) is 7.55. The average Bonchev–Trinajstić information content (AvgIpc) is 3.21. The van der Waals surface area contributed by atoms with Gasteiger partial charge in [0.15, 0.2) is 0 Å². The normalized spacial score (nSPS) is 25.6. The predicted molar refractivity (Wildman–Crippen MR) is 124 cm³/mol. The lowest BCUT2D eigenvalue weighted by molar-refractivity contribution is -0.147. The van der Waals surface area contributed by atoms with Gasteiger partial charge in [-0.2, -0.15) is 0 Å². The molecule has 1 saturated heterocycles. The molecule has 0 spiro atoms. The highest BCUT2D eigenvalue weighted by atomic mass is 32.2. The van der Waals surface area contributed by atoms with Gasteiger partial charge in [0.25, 0.3) is 0 Å². The number of amides is 1. The smallest absolute Gasteiger partial charge is 0.326 e. The maximum atomic E-state index is 13.4. The Morgan fingerprint density at radius 2 is 1.84 bits per heavy atom. The lowest BCUT2D eigenvalue weighted by Crippen LogP contribution is -2.43. The van der Waals surface area contributed by atoms with Crippen LogP contribution in [0.2, 0.25) is 0 Å². The van der Waals surface area contributed by atoms with E-state index >= 15 is 0 Å². The van der Waals surface area contributed by atoms with E-state index in [2.05, 4.69) is 4.58 Å². The van der Waals surface area contributed by atoms with Gasteiger partial charge >= 0.3 is 5.97 Å². The van der Waals surface area contributed by atoms with E-state index in [0.29, 0.717) is 30.8 Å². The zero-order valence-corrected chi connectivity index (χ0v) is 20.0. The first-order chi connectivity index (χ1) is 15.2. The maximum Gasteiger partial charge on any atom is 0.326 e. The summed E-state index contributed by atoms with van der Waals surface area (Å²) in [6.45, 7) is 1.76. The Bertz CT molecular complexity index is 878. The van der Waals surface area contributed by atoms with Crippen LogP contribution in [-0.2, 0) is 20.6 Å². The highest BCUT2D eigenvalue weighted by Crippen LogP contribution is 2.61. The number of benzene rings is 1. The third kappa shape index (κ3) is 5.61. The van der Waals surface area contributed by atoms with E-state index in [1.54, 1.807) is 24.3 Å². The summed E-state index contributed by atoms with van der Waals surface area (Å²) in [4.78, 5) is 48.3. The van der Waals surface area contributed by atoms with Crippen LogP contribution in [0.1, 0.15) is 51.0 Å². The number of hydrogen-bond acceptors (Lipinski definition) is 6. The van der Waals surface area contributed by atoms with Crippen LogP contribution < -0.4 is 0 Å². The SMILES string of the molecule is CC(Cc1ccccc1)(SN=O)P(=O)(O)CC(=O)N1CC(C2CCCCC2)C[C@H]1C(=O)O. The third-order valence-corrected chi connectivity index (χ3v) is 11.0. The van der Waals surface area contributed by atoms with Crippen molar-refractivity contribution >= 4 is 31.2 Å². The van der Waals surface area contributed by atoms with Gasteiger partial charge in [0.1, 0.15) is 16.7 Å². The number of carbonyl (C=O) groups excluding carboxylic acids is 1. The van der Waals surface area contributed by atoms with Crippen molar-refractivity contribution in [3.63, 3.8) is 0 Å². The molecular formula is C22H31N2O6PS. The van der Waals surface area contributed by atoms with E-state index in [4.69, 9.17) is 0 Å². The lowest BCUT2D eigenvalue weighted by atomic mass is 9.79. The van der Waals surface area contributed by atoms with E-state index in [0.717, 1.165) is 31.2 Å². The Morgan fingerprint density at radius 1 is 1.19 bits per heavy atom. The molecule has 1 aliphatic carbocycles. The second-order valence-corrected chi connectivity index (χ2v) is 13.4. The lowest BCUT2D eigenvalue weighted by Gasteiger charge is -2.32. The number of carboxylic acid groups (broad SMARTS) is 1. The number of hydrogen-bond donors (Lipinski definition) is 2. The molecule has 1 aromatic carbocycles. The summed E-state index contributed by atoms with van der Waals surface area (Å²) in [5.41, 5.74) is 0.745. The monoisotopic (exact) mass is 482 g/mol. The molecule has 32 heavy (non-hydrogen) atoms. The number of carboxylic acids is 1. The molecule has 2 N–H and O–H groups in total. The van der Waals surface area contributed by atoms with Crippen LogP contribution in [0.4, 0.5) is 0 Å². The van der Waals surface area contributed by atoms with Crippen molar-refractivity contribution in [2.24, 2.45) is 16.4 Å². The number of nitrogens with zero attached hydrogens (tertiary/aromatic N) is 2. The molecule has 2 aliphatic rings. The standard InChI is InChI=1S/C22H31N2O6PS/c1-22(32-23-28,13-16-8-4-2-5-9-16)31(29,30)15-20(25)24-14-18(12-19(24)21(26)27)17-10-6-3-7-11-17/h2,4-5,8-9,17-19H,3,6-7,10-15H2,1H3,(H,26,27)(H,29,30)/t18?,19-,22?/m0/s1. The van der Waals surface area contributed by atoms with Gasteiger partial charge in [-0.3, -0.25) is 9.36 Å². The molecule has 1 aromatic rings. The first kappa shape index (κ1) is 24.9. The highest BCUT2D eigenvalue weighted by Gasteiger charge is 2.49. The zero-order valence-electron chi connectivity index (χ0n) is 18.3. The first-order valence-corrected chi connectivity index (χ1v) is 13.7. The Morgan fingerprint density at radius 3 is 2.44 bits per heavy atom. The maximum absolute atomic E-state index is 13.4. The molecule has 1 saturated carbocycles. The van der Waals surface area contributed by atoms with E-state index in [1.807, 2.05) is 6.07 Å². The number of nitroso groups, excluding NO2 is 1.